The Balaban J connectivity index is 1.53. The van der Waals surface area contributed by atoms with Gasteiger partial charge in [0.1, 0.15) is 11.6 Å². The Bertz CT molecular complexity index is 1170. The predicted molar refractivity (Wildman–Crippen MR) is 124 cm³/mol. The zero-order valence-electron chi connectivity index (χ0n) is 18.8. The molecule has 3 heterocycles. The van der Waals surface area contributed by atoms with Crippen LogP contribution in [0.15, 0.2) is 23.0 Å². The Hall–Kier alpha value is -2.87. The Labute approximate surface area is 187 Å². The quantitative estimate of drug-likeness (QED) is 0.649. The van der Waals surface area contributed by atoms with Crippen LogP contribution in [0, 0.1) is 6.92 Å². The molecule has 1 saturated heterocycles. The molecular weight excluding hydrogens is 406 g/mol. The lowest BCUT2D eigenvalue weighted by molar-refractivity contribution is 0.145. The highest BCUT2D eigenvalue weighted by molar-refractivity contribution is 5.69. The van der Waals surface area contributed by atoms with E-state index in [9.17, 15) is 9.90 Å². The van der Waals surface area contributed by atoms with Crippen molar-refractivity contribution in [1.29, 1.82) is 0 Å². The van der Waals surface area contributed by atoms with E-state index in [-0.39, 0.29) is 11.7 Å². The monoisotopic (exact) mass is 437 g/mol. The number of piperidine rings is 1. The third-order valence-corrected chi connectivity index (χ3v) is 6.95. The number of nitrogens with zero attached hydrogens (tertiary/aromatic N) is 4. The molecular formula is C24H31N5O3. The van der Waals surface area contributed by atoms with Crippen LogP contribution >= 0.6 is 0 Å². The Kier molecular flexibility index (Phi) is 5.63. The van der Waals surface area contributed by atoms with E-state index in [1.54, 1.807) is 11.6 Å². The molecule has 3 aromatic rings. The summed E-state index contributed by atoms with van der Waals surface area (Å²) in [6.07, 6.45) is 7.10. The van der Waals surface area contributed by atoms with Crippen molar-refractivity contribution in [1.82, 2.24) is 19.6 Å². The minimum atomic E-state index is -0.217. The first-order chi connectivity index (χ1) is 15.5. The van der Waals surface area contributed by atoms with Gasteiger partial charge in [-0.25, -0.2) is 9.50 Å². The number of aryl methyl sites for hydroxylation is 1. The van der Waals surface area contributed by atoms with E-state index >= 15 is 0 Å². The van der Waals surface area contributed by atoms with Gasteiger partial charge in [0.2, 0.25) is 0 Å². The van der Waals surface area contributed by atoms with Crippen molar-refractivity contribution < 1.29 is 9.84 Å². The van der Waals surface area contributed by atoms with Gasteiger partial charge >= 0.3 is 0 Å². The molecule has 1 aliphatic heterocycles. The van der Waals surface area contributed by atoms with Gasteiger partial charge in [-0.15, -0.1) is 5.10 Å². The summed E-state index contributed by atoms with van der Waals surface area (Å²) >= 11 is 0. The number of nitrogens with one attached hydrogen (secondary N) is 1. The second-order valence-electron chi connectivity index (χ2n) is 9.05. The van der Waals surface area contributed by atoms with Gasteiger partial charge in [0.25, 0.3) is 5.56 Å². The number of aromatic amines is 1. The Morgan fingerprint density at radius 3 is 2.59 bits per heavy atom. The van der Waals surface area contributed by atoms with Gasteiger partial charge in [0.15, 0.2) is 11.3 Å². The van der Waals surface area contributed by atoms with E-state index in [4.69, 9.17) is 14.8 Å². The molecule has 0 unspecified atom stereocenters. The number of hydrogen-bond donors (Lipinski definition) is 2. The first-order valence-electron chi connectivity index (χ1n) is 11.7. The molecule has 2 N–H and O–H groups in total. The van der Waals surface area contributed by atoms with Crippen LogP contribution < -0.4 is 15.2 Å². The number of H-pyrrole nitrogens is 1. The first kappa shape index (κ1) is 21.0. The topological polar surface area (TPSA) is 95.8 Å². The van der Waals surface area contributed by atoms with E-state index in [2.05, 4.69) is 9.88 Å². The molecule has 0 bridgehead atoms. The molecule has 1 aliphatic carbocycles. The van der Waals surface area contributed by atoms with Crippen molar-refractivity contribution in [2.75, 3.05) is 25.1 Å². The standard InChI is InChI=1S/C24H31N5O3/c1-15-25-21(16-6-4-3-5-7-16)22-24(31)26-23(27-29(15)22)19-9-8-17(14-20(19)32-2)28-12-10-18(30)11-13-28/h8-9,14,16,18,30H,3-7,10-13H2,1-2H3,(H,26,27,31). The second-order valence-corrected chi connectivity index (χ2v) is 9.05. The predicted octanol–water partition coefficient (Wildman–Crippen LogP) is 3.41. The molecule has 2 fully saturated rings. The average molecular weight is 438 g/mol. The molecule has 1 aromatic carbocycles. The zero-order chi connectivity index (χ0) is 22.2. The number of aliphatic hydroxyl groups excluding tert-OH is 1. The molecule has 8 heteroatoms. The van der Waals surface area contributed by atoms with Crippen molar-refractivity contribution in [3.8, 4) is 17.1 Å². The van der Waals surface area contributed by atoms with E-state index in [0.29, 0.717) is 23.0 Å². The lowest BCUT2D eigenvalue weighted by atomic mass is 9.87. The molecule has 1 saturated carbocycles. The molecule has 170 valence electrons. The van der Waals surface area contributed by atoms with E-state index in [1.165, 1.54) is 19.3 Å². The zero-order valence-corrected chi connectivity index (χ0v) is 18.8. The molecule has 0 spiro atoms. The smallest absolute Gasteiger partial charge is 0.277 e. The van der Waals surface area contributed by atoms with Gasteiger partial charge in [0.05, 0.1) is 24.5 Å². The lowest BCUT2D eigenvalue weighted by Gasteiger charge is -2.31. The van der Waals surface area contributed by atoms with Gasteiger partial charge in [-0.2, -0.15) is 0 Å². The largest absolute Gasteiger partial charge is 0.496 e. The second kappa shape index (κ2) is 8.58. The molecule has 5 rings (SSSR count). The van der Waals surface area contributed by atoms with Crippen LogP contribution in [0.2, 0.25) is 0 Å². The molecule has 8 nitrogen and oxygen atoms in total. The lowest BCUT2D eigenvalue weighted by Crippen LogP contribution is -2.35. The highest BCUT2D eigenvalue weighted by Crippen LogP contribution is 2.35. The van der Waals surface area contributed by atoms with Crippen LogP contribution in [0.4, 0.5) is 5.69 Å². The minimum Gasteiger partial charge on any atom is -0.496 e. The average Bonchev–Trinajstić information content (AvgIpc) is 3.16. The van der Waals surface area contributed by atoms with Crippen molar-refractivity contribution >= 4 is 11.2 Å². The number of aromatic nitrogens is 4. The number of fused-ring (bicyclic) bond motifs is 1. The summed E-state index contributed by atoms with van der Waals surface area (Å²) < 4.78 is 7.36. The van der Waals surface area contributed by atoms with E-state index < -0.39 is 0 Å². The van der Waals surface area contributed by atoms with Crippen LogP contribution in [0.1, 0.15) is 62.4 Å². The molecule has 32 heavy (non-hydrogen) atoms. The minimum absolute atomic E-state index is 0.160. The van der Waals surface area contributed by atoms with Crippen molar-refractivity contribution in [3.05, 3.63) is 40.1 Å². The summed E-state index contributed by atoms with van der Waals surface area (Å²) in [5.74, 6) is 2.19. The van der Waals surface area contributed by atoms with Crippen molar-refractivity contribution in [2.24, 2.45) is 0 Å². The fourth-order valence-electron chi connectivity index (χ4n) is 5.15. The number of ether oxygens (including phenoxy) is 1. The molecule has 2 aliphatic rings. The van der Waals surface area contributed by atoms with Crippen molar-refractivity contribution in [3.63, 3.8) is 0 Å². The normalized spacial score (nSPS) is 18.4. The van der Waals surface area contributed by atoms with Crippen LogP contribution in [-0.4, -0.2) is 51.0 Å². The van der Waals surface area contributed by atoms with Crippen LogP contribution in [0.3, 0.4) is 0 Å². The summed E-state index contributed by atoms with van der Waals surface area (Å²) in [5, 5.41) is 14.5. The fourth-order valence-corrected chi connectivity index (χ4v) is 5.15. The Morgan fingerprint density at radius 1 is 1.12 bits per heavy atom. The third kappa shape index (κ3) is 3.77. The number of anilines is 1. The summed E-state index contributed by atoms with van der Waals surface area (Å²) in [6, 6.07) is 5.94. The summed E-state index contributed by atoms with van der Waals surface area (Å²) in [6.45, 7) is 3.52. The molecule has 2 aromatic heterocycles. The van der Waals surface area contributed by atoms with Gasteiger partial charge < -0.3 is 19.7 Å². The van der Waals surface area contributed by atoms with Gasteiger partial charge in [-0.05, 0) is 44.7 Å². The van der Waals surface area contributed by atoms with Gasteiger partial charge in [0, 0.05) is 30.8 Å². The number of hydrogen-bond acceptors (Lipinski definition) is 6. The number of methoxy groups -OCH3 is 1. The summed E-state index contributed by atoms with van der Waals surface area (Å²) in [7, 11) is 1.63. The highest BCUT2D eigenvalue weighted by atomic mass is 16.5. The fraction of sp³-hybridized carbons (Fsp3) is 0.542. The maximum atomic E-state index is 13.2. The summed E-state index contributed by atoms with van der Waals surface area (Å²) in [4.78, 5) is 23.2. The Morgan fingerprint density at radius 2 is 1.88 bits per heavy atom. The van der Waals surface area contributed by atoms with Crippen molar-refractivity contribution in [2.45, 2.75) is 63.9 Å². The SMILES string of the molecule is COc1cc(N2CCC(O)CC2)ccc1-c1nn2c(C)nc(C3CCCCC3)c2c(=O)[nH]1. The van der Waals surface area contributed by atoms with Crippen LogP contribution in [0.5, 0.6) is 5.75 Å². The molecule has 0 atom stereocenters. The maximum Gasteiger partial charge on any atom is 0.277 e. The third-order valence-electron chi connectivity index (χ3n) is 6.95. The van der Waals surface area contributed by atoms with Gasteiger partial charge in [-0.3, -0.25) is 4.79 Å². The molecule has 0 radical (unpaired) electrons. The maximum absolute atomic E-state index is 13.2. The summed E-state index contributed by atoms with van der Waals surface area (Å²) in [5.41, 5.74) is 3.07. The molecule has 0 amide bonds. The van der Waals surface area contributed by atoms with Gasteiger partial charge in [-0.1, -0.05) is 19.3 Å². The number of rotatable bonds is 4. The van der Waals surface area contributed by atoms with E-state index in [0.717, 1.165) is 61.5 Å². The number of aliphatic hydroxyl groups is 1. The number of imidazole rings is 1. The van der Waals surface area contributed by atoms with E-state index in [1.807, 2.05) is 25.1 Å². The van der Waals surface area contributed by atoms with Crippen LogP contribution in [0.25, 0.3) is 16.9 Å². The van der Waals surface area contributed by atoms with Crippen LogP contribution in [-0.2, 0) is 0 Å². The highest BCUT2D eigenvalue weighted by Gasteiger charge is 2.25. The first-order valence-corrected chi connectivity index (χ1v) is 11.7. The number of benzene rings is 1.